The Kier molecular flexibility index (Phi) is 3.68. The molecule has 7 heteroatoms. The minimum atomic E-state index is 0.658. The van der Waals surface area contributed by atoms with Crippen LogP contribution in [0.1, 0.15) is 22.6 Å². The van der Waals surface area contributed by atoms with Crippen molar-refractivity contribution in [2.45, 2.75) is 27.3 Å². The van der Waals surface area contributed by atoms with Gasteiger partial charge in [-0.1, -0.05) is 11.2 Å². The number of aromatic nitrogens is 5. The smallest absolute Gasteiger partial charge is 0.158 e. The van der Waals surface area contributed by atoms with Gasteiger partial charge in [0.15, 0.2) is 5.65 Å². The van der Waals surface area contributed by atoms with E-state index in [1.54, 1.807) is 6.20 Å². The SMILES string of the molecule is Cc1cc(-c2cc3nc(C)c(C)c(NCc4cccnc4)n3n2)no1. The molecule has 126 valence electrons. The van der Waals surface area contributed by atoms with Gasteiger partial charge in [-0.25, -0.2) is 4.98 Å². The molecule has 0 saturated heterocycles. The third kappa shape index (κ3) is 2.84. The van der Waals surface area contributed by atoms with Crippen LogP contribution in [0.5, 0.6) is 0 Å². The summed E-state index contributed by atoms with van der Waals surface area (Å²) in [7, 11) is 0. The van der Waals surface area contributed by atoms with Crippen LogP contribution in [0, 0.1) is 20.8 Å². The van der Waals surface area contributed by atoms with E-state index in [0.29, 0.717) is 12.2 Å². The van der Waals surface area contributed by atoms with E-state index in [1.165, 1.54) is 0 Å². The Hall–Kier alpha value is -3.22. The molecule has 0 radical (unpaired) electrons. The number of rotatable bonds is 4. The van der Waals surface area contributed by atoms with E-state index in [4.69, 9.17) is 4.52 Å². The van der Waals surface area contributed by atoms with Gasteiger partial charge in [-0.05, 0) is 32.4 Å². The van der Waals surface area contributed by atoms with Crippen molar-refractivity contribution < 1.29 is 4.52 Å². The van der Waals surface area contributed by atoms with Gasteiger partial charge in [0.2, 0.25) is 0 Å². The van der Waals surface area contributed by atoms with Gasteiger partial charge >= 0.3 is 0 Å². The van der Waals surface area contributed by atoms with Gasteiger partial charge < -0.3 is 9.84 Å². The number of hydrogen-bond donors (Lipinski definition) is 1. The van der Waals surface area contributed by atoms with Gasteiger partial charge in [-0.2, -0.15) is 9.61 Å². The summed E-state index contributed by atoms with van der Waals surface area (Å²) >= 11 is 0. The van der Waals surface area contributed by atoms with Gasteiger partial charge in [0.05, 0.1) is 0 Å². The molecular formula is C18H18N6O. The number of nitrogens with zero attached hydrogens (tertiary/aromatic N) is 5. The Bertz CT molecular complexity index is 1030. The van der Waals surface area contributed by atoms with Crippen LogP contribution in [0.2, 0.25) is 0 Å². The topological polar surface area (TPSA) is 81.1 Å². The van der Waals surface area contributed by atoms with E-state index >= 15 is 0 Å². The summed E-state index contributed by atoms with van der Waals surface area (Å²) in [5.74, 6) is 1.67. The molecule has 0 atom stereocenters. The summed E-state index contributed by atoms with van der Waals surface area (Å²) < 4.78 is 6.97. The zero-order valence-corrected chi connectivity index (χ0v) is 14.3. The Balaban J connectivity index is 1.76. The monoisotopic (exact) mass is 334 g/mol. The van der Waals surface area contributed by atoms with Gasteiger partial charge in [-0.15, -0.1) is 0 Å². The number of fused-ring (bicyclic) bond motifs is 1. The normalized spacial score (nSPS) is 11.2. The van der Waals surface area contributed by atoms with Gasteiger partial charge in [0.1, 0.15) is 23.0 Å². The Labute approximate surface area is 144 Å². The van der Waals surface area contributed by atoms with E-state index in [2.05, 4.69) is 25.5 Å². The second-order valence-corrected chi connectivity index (χ2v) is 6.01. The summed E-state index contributed by atoms with van der Waals surface area (Å²) in [6, 6.07) is 7.74. The minimum absolute atomic E-state index is 0.658. The van der Waals surface area contributed by atoms with Crippen molar-refractivity contribution >= 4 is 11.5 Å². The van der Waals surface area contributed by atoms with E-state index in [0.717, 1.165) is 39.7 Å². The van der Waals surface area contributed by atoms with Crippen LogP contribution in [0.25, 0.3) is 17.0 Å². The molecule has 7 nitrogen and oxygen atoms in total. The predicted molar refractivity (Wildman–Crippen MR) is 94.3 cm³/mol. The molecule has 25 heavy (non-hydrogen) atoms. The first kappa shape index (κ1) is 15.3. The molecule has 4 rings (SSSR count). The fourth-order valence-electron chi connectivity index (χ4n) is 2.71. The maximum Gasteiger partial charge on any atom is 0.158 e. The van der Waals surface area contributed by atoms with Crippen LogP contribution in [-0.2, 0) is 6.54 Å². The largest absolute Gasteiger partial charge is 0.366 e. The van der Waals surface area contributed by atoms with E-state index in [9.17, 15) is 0 Å². The Morgan fingerprint density at radius 3 is 2.76 bits per heavy atom. The molecule has 0 bridgehead atoms. The van der Waals surface area contributed by atoms with Crippen LogP contribution >= 0.6 is 0 Å². The molecule has 0 amide bonds. The molecule has 1 N–H and O–H groups in total. The lowest BCUT2D eigenvalue weighted by Gasteiger charge is -2.13. The average molecular weight is 334 g/mol. The minimum Gasteiger partial charge on any atom is -0.366 e. The quantitative estimate of drug-likeness (QED) is 0.616. The van der Waals surface area contributed by atoms with Crippen molar-refractivity contribution in [3.05, 3.63) is 59.2 Å². The number of anilines is 1. The molecule has 0 fully saturated rings. The van der Waals surface area contributed by atoms with Crippen molar-refractivity contribution in [1.29, 1.82) is 0 Å². The van der Waals surface area contributed by atoms with E-state index in [1.807, 2.05) is 55.7 Å². The molecule has 0 spiro atoms. The first-order valence-electron chi connectivity index (χ1n) is 8.05. The predicted octanol–water partition coefficient (Wildman–Crippen LogP) is 3.32. The number of pyridine rings is 1. The van der Waals surface area contributed by atoms with Crippen molar-refractivity contribution in [3.8, 4) is 11.4 Å². The maximum absolute atomic E-state index is 5.16. The standard InChI is InChI=1S/C18H18N6O/c1-11-7-16(23-25-11)15-8-17-21-13(3)12(2)18(24(17)22-15)20-10-14-5-4-6-19-9-14/h4-9,20H,10H2,1-3H3. The lowest BCUT2D eigenvalue weighted by molar-refractivity contribution is 0.399. The molecule has 0 aliphatic rings. The fraction of sp³-hybridized carbons (Fsp3) is 0.222. The zero-order chi connectivity index (χ0) is 17.4. The molecular weight excluding hydrogens is 316 g/mol. The molecule has 0 unspecified atom stereocenters. The van der Waals surface area contributed by atoms with E-state index in [-0.39, 0.29) is 0 Å². The van der Waals surface area contributed by atoms with Crippen LogP contribution in [0.3, 0.4) is 0 Å². The van der Waals surface area contributed by atoms with Gasteiger partial charge in [-0.3, -0.25) is 4.98 Å². The van der Waals surface area contributed by atoms with Gasteiger partial charge in [0, 0.05) is 42.3 Å². The number of nitrogens with one attached hydrogen (secondary N) is 1. The third-order valence-electron chi connectivity index (χ3n) is 4.16. The first-order valence-corrected chi connectivity index (χ1v) is 8.05. The molecule has 4 aromatic rings. The molecule has 4 aromatic heterocycles. The average Bonchev–Trinajstić information content (AvgIpc) is 3.22. The van der Waals surface area contributed by atoms with Crippen molar-refractivity contribution in [3.63, 3.8) is 0 Å². The van der Waals surface area contributed by atoms with Crippen molar-refractivity contribution in [1.82, 2.24) is 24.7 Å². The maximum atomic E-state index is 5.16. The highest BCUT2D eigenvalue weighted by molar-refractivity contribution is 5.64. The third-order valence-corrected chi connectivity index (χ3v) is 4.16. The summed E-state index contributed by atoms with van der Waals surface area (Å²) in [4.78, 5) is 8.79. The molecule has 4 heterocycles. The van der Waals surface area contributed by atoms with Gasteiger partial charge in [0.25, 0.3) is 0 Å². The Morgan fingerprint density at radius 2 is 2.04 bits per heavy atom. The van der Waals surface area contributed by atoms with Crippen molar-refractivity contribution in [2.75, 3.05) is 5.32 Å². The Morgan fingerprint density at radius 1 is 1.16 bits per heavy atom. The second kappa shape index (κ2) is 6.01. The van der Waals surface area contributed by atoms with Crippen LogP contribution in [0.15, 0.2) is 41.2 Å². The van der Waals surface area contributed by atoms with Crippen LogP contribution < -0.4 is 5.32 Å². The highest BCUT2D eigenvalue weighted by Gasteiger charge is 2.15. The lowest BCUT2D eigenvalue weighted by atomic mass is 10.2. The number of hydrogen-bond acceptors (Lipinski definition) is 6. The van der Waals surface area contributed by atoms with Crippen LogP contribution in [-0.4, -0.2) is 24.7 Å². The highest BCUT2D eigenvalue weighted by atomic mass is 16.5. The summed E-state index contributed by atoms with van der Waals surface area (Å²) in [6.45, 7) is 6.55. The zero-order valence-electron chi connectivity index (χ0n) is 14.3. The fourth-order valence-corrected chi connectivity index (χ4v) is 2.71. The summed E-state index contributed by atoms with van der Waals surface area (Å²) in [5.41, 5.74) is 5.33. The first-order chi connectivity index (χ1) is 12.1. The summed E-state index contributed by atoms with van der Waals surface area (Å²) in [6.07, 6.45) is 3.61. The lowest BCUT2D eigenvalue weighted by Crippen LogP contribution is -2.09. The molecule has 0 saturated carbocycles. The van der Waals surface area contributed by atoms with E-state index < -0.39 is 0 Å². The summed E-state index contributed by atoms with van der Waals surface area (Å²) in [5, 5.41) is 12.2. The van der Waals surface area contributed by atoms with Crippen LogP contribution in [0.4, 0.5) is 5.82 Å². The highest BCUT2D eigenvalue weighted by Crippen LogP contribution is 2.24. The number of aryl methyl sites for hydroxylation is 2. The molecule has 0 aromatic carbocycles. The molecule has 0 aliphatic carbocycles. The molecule has 0 aliphatic heterocycles. The second-order valence-electron chi connectivity index (χ2n) is 6.01. The van der Waals surface area contributed by atoms with Crippen molar-refractivity contribution in [2.24, 2.45) is 0 Å².